The minimum Gasteiger partial charge on any atom is -0.481 e. The molecule has 35 heavy (non-hydrogen) atoms. The molecule has 1 heterocycles. The molecule has 0 saturated carbocycles. The maximum Gasteiger partial charge on any atom is 0.329 e. The summed E-state index contributed by atoms with van der Waals surface area (Å²) in [7, 11) is 0. The number of carboxylic acid groups (broad SMARTS) is 1. The molecule has 0 radical (unpaired) electrons. The Kier molecular flexibility index (Phi) is 12.3. The highest BCUT2D eigenvalue weighted by atomic mass is 19.1. The third-order valence-corrected chi connectivity index (χ3v) is 4.78. The summed E-state index contributed by atoms with van der Waals surface area (Å²) in [4.78, 5) is 53.1. The number of carbonyl (C=O) groups excluding carboxylic acids is 3. The molecule has 0 bridgehead atoms. The fourth-order valence-corrected chi connectivity index (χ4v) is 2.88. The number of rotatable bonds is 13. The Balaban J connectivity index is 2.95. The highest BCUT2D eigenvalue weighted by Crippen LogP contribution is 2.11. The van der Waals surface area contributed by atoms with Crippen molar-refractivity contribution in [1.82, 2.24) is 15.6 Å². The number of esters is 1. The molecule has 192 valence electrons. The molecule has 0 spiro atoms. The second-order valence-electron chi connectivity index (χ2n) is 7.97. The van der Waals surface area contributed by atoms with Crippen LogP contribution >= 0.6 is 0 Å². The van der Waals surface area contributed by atoms with Crippen LogP contribution in [0, 0.1) is 11.7 Å². The average molecular weight is 493 g/mol. The van der Waals surface area contributed by atoms with Crippen molar-refractivity contribution in [2.75, 3.05) is 0 Å². The molecular formula is C24H33FN4O6. The lowest BCUT2D eigenvalue weighted by atomic mass is 10.0. The standard InChI is InChI=1S/C24H33FN4O6/c1-5-7-8-9-15(12-20(30)31)35-24(34)21(14(3)4)29-22(32)17(6-2)28-23(33)18-11-10-16(25)19(13-26)27-18/h6,8-11,14-15,21H,5,7,12-13,26H2,1-4H3,(H,28,33)(H,29,32)(H,30,31)/b9-8+,17-6-/t15-,21+/m1/s1. The highest BCUT2D eigenvalue weighted by molar-refractivity contribution is 6.03. The Morgan fingerprint density at radius 1 is 1.26 bits per heavy atom. The maximum absolute atomic E-state index is 13.6. The lowest BCUT2D eigenvalue weighted by Crippen LogP contribution is -2.48. The maximum atomic E-state index is 13.6. The van der Waals surface area contributed by atoms with E-state index in [4.69, 9.17) is 15.6 Å². The molecular weight excluding hydrogens is 459 g/mol. The van der Waals surface area contributed by atoms with E-state index in [2.05, 4.69) is 15.6 Å². The van der Waals surface area contributed by atoms with Crippen LogP contribution in [0.5, 0.6) is 0 Å². The fourth-order valence-electron chi connectivity index (χ4n) is 2.88. The van der Waals surface area contributed by atoms with Crippen LogP contribution in [-0.2, 0) is 25.7 Å². The molecule has 1 aromatic rings. The van der Waals surface area contributed by atoms with Crippen LogP contribution in [0.25, 0.3) is 0 Å². The molecule has 0 unspecified atom stereocenters. The number of aromatic nitrogens is 1. The van der Waals surface area contributed by atoms with Crippen molar-refractivity contribution in [1.29, 1.82) is 0 Å². The van der Waals surface area contributed by atoms with Gasteiger partial charge in [-0.25, -0.2) is 14.2 Å². The van der Waals surface area contributed by atoms with Gasteiger partial charge in [-0.05, 0) is 37.5 Å². The minimum absolute atomic E-state index is 0.101. The lowest BCUT2D eigenvalue weighted by molar-refractivity contribution is -0.154. The number of halogens is 1. The molecule has 1 aromatic heterocycles. The molecule has 0 aliphatic rings. The van der Waals surface area contributed by atoms with E-state index in [1.807, 2.05) is 6.92 Å². The van der Waals surface area contributed by atoms with E-state index in [1.54, 1.807) is 19.9 Å². The van der Waals surface area contributed by atoms with Gasteiger partial charge in [0.15, 0.2) is 0 Å². The summed E-state index contributed by atoms with van der Waals surface area (Å²) in [6, 6.07) is 1.09. The van der Waals surface area contributed by atoms with E-state index in [-0.39, 0.29) is 23.6 Å². The number of pyridine rings is 1. The quantitative estimate of drug-likeness (QED) is 0.185. The summed E-state index contributed by atoms with van der Waals surface area (Å²) >= 11 is 0. The zero-order chi connectivity index (χ0) is 26.5. The average Bonchev–Trinajstić information content (AvgIpc) is 2.80. The fraction of sp³-hybridized carbons (Fsp3) is 0.458. The van der Waals surface area contributed by atoms with Gasteiger partial charge >= 0.3 is 11.9 Å². The second kappa shape index (κ2) is 14.6. The van der Waals surface area contributed by atoms with Crippen LogP contribution in [-0.4, -0.2) is 46.0 Å². The first kappa shape index (κ1) is 29.4. The van der Waals surface area contributed by atoms with Crippen LogP contribution in [0.2, 0.25) is 0 Å². The van der Waals surface area contributed by atoms with Crippen molar-refractivity contribution in [3.8, 4) is 0 Å². The number of allylic oxidation sites excluding steroid dienone is 2. The SMILES string of the molecule is C/C=C(\NC(=O)c1ccc(F)c(CN)n1)C(=O)N[C@H](C(=O)O[C@H](/C=C/CCC)CC(=O)O)C(C)C. The smallest absolute Gasteiger partial charge is 0.329 e. The van der Waals surface area contributed by atoms with Gasteiger partial charge in [0.1, 0.15) is 29.4 Å². The Labute approximate surface area is 203 Å². The Morgan fingerprint density at radius 3 is 2.49 bits per heavy atom. The Bertz CT molecular complexity index is 977. The van der Waals surface area contributed by atoms with E-state index in [0.717, 1.165) is 18.6 Å². The molecule has 0 saturated heterocycles. The van der Waals surface area contributed by atoms with Gasteiger partial charge in [0.05, 0.1) is 12.1 Å². The van der Waals surface area contributed by atoms with Gasteiger partial charge in [0.2, 0.25) is 0 Å². The normalized spacial score (nSPS) is 13.4. The van der Waals surface area contributed by atoms with Crippen molar-refractivity contribution in [2.24, 2.45) is 11.7 Å². The van der Waals surface area contributed by atoms with Crippen LogP contribution in [0.3, 0.4) is 0 Å². The van der Waals surface area contributed by atoms with Crippen molar-refractivity contribution in [3.05, 3.63) is 53.3 Å². The first-order chi connectivity index (χ1) is 16.5. The molecule has 2 amide bonds. The first-order valence-electron chi connectivity index (χ1n) is 11.3. The van der Waals surface area contributed by atoms with E-state index in [0.29, 0.717) is 6.42 Å². The number of nitrogens with one attached hydrogen (secondary N) is 2. The van der Waals surface area contributed by atoms with E-state index in [9.17, 15) is 23.6 Å². The molecule has 0 fully saturated rings. The summed E-state index contributed by atoms with van der Waals surface area (Å²) in [6.07, 6.45) is 4.69. The van der Waals surface area contributed by atoms with Gasteiger partial charge in [-0.2, -0.15) is 0 Å². The number of unbranched alkanes of at least 4 members (excludes halogenated alkanes) is 1. The third kappa shape index (κ3) is 9.65. The number of amides is 2. The number of aliphatic carboxylic acids is 1. The zero-order valence-corrected chi connectivity index (χ0v) is 20.3. The predicted molar refractivity (Wildman–Crippen MR) is 126 cm³/mol. The number of hydrogen-bond acceptors (Lipinski definition) is 7. The summed E-state index contributed by atoms with van der Waals surface area (Å²) < 4.78 is 18.9. The number of carboxylic acids is 1. The van der Waals surface area contributed by atoms with Gasteiger partial charge in [-0.1, -0.05) is 39.3 Å². The van der Waals surface area contributed by atoms with Crippen molar-refractivity contribution < 1.29 is 33.4 Å². The Hall–Kier alpha value is -3.60. The zero-order valence-electron chi connectivity index (χ0n) is 20.3. The number of carbonyl (C=O) groups is 4. The largest absolute Gasteiger partial charge is 0.481 e. The van der Waals surface area contributed by atoms with Gasteiger partial charge in [0.25, 0.3) is 11.8 Å². The number of nitrogens with two attached hydrogens (primary N) is 1. The van der Waals surface area contributed by atoms with Gasteiger partial charge in [-0.15, -0.1) is 0 Å². The Morgan fingerprint density at radius 2 is 1.94 bits per heavy atom. The molecule has 10 nitrogen and oxygen atoms in total. The number of nitrogens with zero attached hydrogens (tertiary/aromatic N) is 1. The summed E-state index contributed by atoms with van der Waals surface area (Å²) in [5.41, 5.74) is 5.00. The van der Waals surface area contributed by atoms with Crippen molar-refractivity contribution in [3.63, 3.8) is 0 Å². The molecule has 2 atom stereocenters. The van der Waals surface area contributed by atoms with Crippen molar-refractivity contribution in [2.45, 2.75) is 65.6 Å². The molecule has 1 rings (SSSR count). The molecule has 11 heteroatoms. The lowest BCUT2D eigenvalue weighted by Gasteiger charge is -2.23. The first-order valence-corrected chi connectivity index (χ1v) is 11.3. The molecule has 0 aliphatic heterocycles. The van der Waals surface area contributed by atoms with Crippen LogP contribution in [0.4, 0.5) is 4.39 Å². The van der Waals surface area contributed by atoms with Crippen LogP contribution in [0.1, 0.15) is 63.1 Å². The van der Waals surface area contributed by atoms with Crippen LogP contribution in [0.15, 0.2) is 36.1 Å². The summed E-state index contributed by atoms with van der Waals surface area (Å²) in [5, 5.41) is 14.0. The summed E-state index contributed by atoms with van der Waals surface area (Å²) in [6.45, 7) is 6.60. The number of hydrogen-bond donors (Lipinski definition) is 4. The van der Waals surface area contributed by atoms with E-state index < -0.39 is 54.1 Å². The van der Waals surface area contributed by atoms with E-state index >= 15 is 0 Å². The van der Waals surface area contributed by atoms with E-state index in [1.165, 1.54) is 19.1 Å². The van der Waals surface area contributed by atoms with Crippen molar-refractivity contribution >= 4 is 23.8 Å². The summed E-state index contributed by atoms with van der Waals surface area (Å²) in [5.74, 6) is -4.55. The number of ether oxygens (including phenoxy) is 1. The topological polar surface area (TPSA) is 161 Å². The predicted octanol–water partition coefficient (Wildman–Crippen LogP) is 2.20. The van der Waals surface area contributed by atoms with Gasteiger partial charge < -0.3 is 26.2 Å². The monoisotopic (exact) mass is 492 g/mol. The third-order valence-electron chi connectivity index (χ3n) is 4.78. The minimum atomic E-state index is -1.14. The van der Waals surface area contributed by atoms with Crippen LogP contribution < -0.4 is 16.4 Å². The van der Waals surface area contributed by atoms with Gasteiger partial charge in [0, 0.05) is 6.54 Å². The molecule has 0 aromatic carbocycles. The second-order valence-corrected chi connectivity index (χ2v) is 7.97. The molecule has 0 aliphatic carbocycles. The van der Waals surface area contributed by atoms with Gasteiger partial charge in [-0.3, -0.25) is 14.4 Å². The molecule has 5 N–H and O–H groups in total. The highest BCUT2D eigenvalue weighted by Gasteiger charge is 2.29.